The maximum absolute atomic E-state index is 3.77. The Hall–Kier alpha value is -0.820. The third-order valence-corrected chi connectivity index (χ3v) is 4.34. The molecule has 0 radical (unpaired) electrons. The Labute approximate surface area is 118 Å². The van der Waals surface area contributed by atoms with Gasteiger partial charge in [0, 0.05) is 6.04 Å². The van der Waals surface area contributed by atoms with Gasteiger partial charge >= 0.3 is 0 Å². The van der Waals surface area contributed by atoms with Gasteiger partial charge in [-0.15, -0.1) is 0 Å². The minimum absolute atomic E-state index is 0.700. The van der Waals surface area contributed by atoms with Crippen LogP contribution in [0, 0.1) is 0 Å². The summed E-state index contributed by atoms with van der Waals surface area (Å²) in [4.78, 5) is 0. The Balaban J connectivity index is 2.09. The van der Waals surface area contributed by atoms with Crippen LogP contribution in [0.3, 0.4) is 0 Å². The lowest BCUT2D eigenvalue weighted by molar-refractivity contribution is 0.328. The lowest BCUT2D eigenvalue weighted by Crippen LogP contribution is -2.37. The zero-order valence-corrected chi connectivity index (χ0v) is 12.6. The van der Waals surface area contributed by atoms with Crippen LogP contribution in [0.1, 0.15) is 69.4 Å². The van der Waals surface area contributed by atoms with E-state index in [9.17, 15) is 0 Å². The average molecular weight is 259 g/mol. The van der Waals surface area contributed by atoms with Crippen molar-refractivity contribution in [3.63, 3.8) is 0 Å². The van der Waals surface area contributed by atoms with Gasteiger partial charge in [0.15, 0.2) is 0 Å². The third-order valence-electron chi connectivity index (χ3n) is 4.34. The van der Waals surface area contributed by atoms with Crippen molar-refractivity contribution in [2.24, 2.45) is 0 Å². The predicted octanol–water partition coefficient (Wildman–Crippen LogP) is 4.66. The predicted molar refractivity (Wildman–Crippen MR) is 83.7 cm³/mol. The molecule has 19 heavy (non-hydrogen) atoms. The van der Waals surface area contributed by atoms with Crippen molar-refractivity contribution in [1.82, 2.24) is 5.32 Å². The maximum Gasteiger partial charge on any atom is 0.0136 e. The minimum Gasteiger partial charge on any atom is -0.313 e. The van der Waals surface area contributed by atoms with Gasteiger partial charge in [0.05, 0.1) is 0 Å². The largest absolute Gasteiger partial charge is 0.313 e. The van der Waals surface area contributed by atoms with Gasteiger partial charge in [0.25, 0.3) is 0 Å². The minimum atomic E-state index is 0.700. The Morgan fingerprint density at radius 2 is 1.95 bits per heavy atom. The van der Waals surface area contributed by atoms with E-state index >= 15 is 0 Å². The quantitative estimate of drug-likeness (QED) is 0.783. The van der Waals surface area contributed by atoms with Crippen molar-refractivity contribution < 1.29 is 0 Å². The summed E-state index contributed by atoms with van der Waals surface area (Å²) in [5.74, 6) is 0.733. The summed E-state index contributed by atoms with van der Waals surface area (Å²) in [6.07, 6.45) is 9.19. The van der Waals surface area contributed by atoms with Crippen molar-refractivity contribution in [2.75, 3.05) is 6.54 Å². The molecule has 1 heteroatoms. The second-order valence-electron chi connectivity index (χ2n) is 5.95. The zero-order chi connectivity index (χ0) is 13.5. The molecule has 0 spiro atoms. The van der Waals surface area contributed by atoms with Crippen molar-refractivity contribution in [1.29, 1.82) is 0 Å². The van der Waals surface area contributed by atoms with E-state index in [-0.39, 0.29) is 0 Å². The summed E-state index contributed by atoms with van der Waals surface area (Å²) in [7, 11) is 0. The summed E-state index contributed by atoms with van der Waals surface area (Å²) < 4.78 is 0. The molecule has 1 aliphatic carbocycles. The highest BCUT2D eigenvalue weighted by Gasteiger charge is 2.25. The molecule has 106 valence electrons. The topological polar surface area (TPSA) is 12.0 Å². The van der Waals surface area contributed by atoms with E-state index in [1.54, 1.807) is 5.56 Å². The second kappa shape index (κ2) is 7.69. The number of hydrogen-bond donors (Lipinski definition) is 1. The molecule has 2 atom stereocenters. The molecule has 1 aliphatic rings. The van der Waals surface area contributed by atoms with Gasteiger partial charge in [0.2, 0.25) is 0 Å². The summed E-state index contributed by atoms with van der Waals surface area (Å²) in [6.45, 7) is 5.68. The van der Waals surface area contributed by atoms with Crippen LogP contribution in [-0.2, 0) is 6.42 Å². The van der Waals surface area contributed by atoms with Crippen LogP contribution in [0.5, 0.6) is 0 Å². The molecule has 1 aromatic carbocycles. The van der Waals surface area contributed by atoms with Gasteiger partial charge < -0.3 is 5.32 Å². The Bertz CT molecular complexity index is 372. The van der Waals surface area contributed by atoms with Gasteiger partial charge in [-0.1, -0.05) is 57.4 Å². The average Bonchev–Trinajstić information content (AvgIpc) is 2.46. The Morgan fingerprint density at radius 1 is 1.11 bits per heavy atom. The molecule has 1 N–H and O–H groups in total. The summed E-state index contributed by atoms with van der Waals surface area (Å²) in [5, 5.41) is 3.77. The smallest absolute Gasteiger partial charge is 0.0136 e. The molecule has 0 amide bonds. The van der Waals surface area contributed by atoms with Crippen LogP contribution in [0.25, 0.3) is 0 Å². The molecule has 0 bridgehead atoms. The molecular formula is C18H29N. The van der Waals surface area contributed by atoms with Crippen LogP contribution >= 0.6 is 0 Å². The first-order valence-electron chi connectivity index (χ1n) is 8.17. The van der Waals surface area contributed by atoms with Crippen molar-refractivity contribution >= 4 is 0 Å². The van der Waals surface area contributed by atoms with E-state index in [1.165, 1.54) is 50.5 Å². The van der Waals surface area contributed by atoms with Crippen LogP contribution < -0.4 is 5.32 Å². The lowest BCUT2D eigenvalue weighted by Gasteiger charge is -2.33. The van der Waals surface area contributed by atoms with Crippen LogP contribution in [0.4, 0.5) is 0 Å². The monoisotopic (exact) mass is 259 g/mol. The fourth-order valence-electron chi connectivity index (χ4n) is 3.37. The molecular weight excluding hydrogens is 230 g/mol. The second-order valence-corrected chi connectivity index (χ2v) is 5.95. The molecule has 1 fully saturated rings. The molecule has 2 rings (SSSR count). The molecule has 0 saturated heterocycles. The van der Waals surface area contributed by atoms with Crippen LogP contribution in [-0.4, -0.2) is 12.6 Å². The molecule has 1 aromatic rings. The molecule has 0 aromatic heterocycles. The summed E-state index contributed by atoms with van der Waals surface area (Å²) >= 11 is 0. The van der Waals surface area contributed by atoms with E-state index in [1.807, 2.05) is 0 Å². The van der Waals surface area contributed by atoms with Crippen LogP contribution in [0.2, 0.25) is 0 Å². The first-order valence-corrected chi connectivity index (χ1v) is 8.17. The lowest BCUT2D eigenvalue weighted by atomic mass is 9.79. The number of aryl methyl sites for hydroxylation is 1. The number of rotatable bonds is 6. The normalized spacial score (nSPS) is 23.5. The van der Waals surface area contributed by atoms with Gasteiger partial charge in [-0.05, 0) is 49.3 Å². The van der Waals surface area contributed by atoms with Crippen LogP contribution in [0.15, 0.2) is 24.3 Å². The molecule has 0 aliphatic heterocycles. The highest BCUT2D eigenvalue weighted by molar-refractivity contribution is 5.28. The van der Waals surface area contributed by atoms with Crippen molar-refractivity contribution in [2.45, 2.75) is 70.8 Å². The highest BCUT2D eigenvalue weighted by atomic mass is 14.9. The van der Waals surface area contributed by atoms with E-state index < -0.39 is 0 Å². The third kappa shape index (κ3) is 4.07. The molecule has 2 unspecified atom stereocenters. The highest BCUT2D eigenvalue weighted by Crippen LogP contribution is 2.33. The van der Waals surface area contributed by atoms with Gasteiger partial charge in [-0.3, -0.25) is 0 Å². The standard InChI is InChI=1S/C18H29N/c1-3-8-15-9-7-10-16(14-15)17-11-5-6-12-18(17)19-13-4-2/h7,9-10,14,17-19H,3-6,8,11-13H2,1-2H3. The molecule has 0 heterocycles. The maximum atomic E-state index is 3.77. The van der Waals surface area contributed by atoms with Gasteiger partial charge in [0.1, 0.15) is 0 Å². The molecule has 1 saturated carbocycles. The fraction of sp³-hybridized carbons (Fsp3) is 0.667. The SMILES string of the molecule is CCCNC1CCCCC1c1cccc(CCC)c1. The van der Waals surface area contributed by atoms with Crippen molar-refractivity contribution in [3.8, 4) is 0 Å². The van der Waals surface area contributed by atoms with E-state index in [0.717, 1.165) is 12.5 Å². The number of nitrogens with one attached hydrogen (secondary N) is 1. The Kier molecular flexibility index (Phi) is 5.91. The Morgan fingerprint density at radius 3 is 2.74 bits per heavy atom. The molecule has 1 nitrogen and oxygen atoms in total. The summed E-state index contributed by atoms with van der Waals surface area (Å²) in [6, 6.07) is 10.0. The fourth-order valence-corrected chi connectivity index (χ4v) is 3.37. The van der Waals surface area contributed by atoms with Gasteiger partial charge in [-0.2, -0.15) is 0 Å². The zero-order valence-electron chi connectivity index (χ0n) is 12.6. The first-order chi connectivity index (χ1) is 9.35. The van der Waals surface area contributed by atoms with E-state index in [4.69, 9.17) is 0 Å². The van der Waals surface area contributed by atoms with E-state index in [2.05, 4.69) is 43.4 Å². The first kappa shape index (κ1) is 14.6. The number of hydrogen-bond acceptors (Lipinski definition) is 1. The summed E-state index contributed by atoms with van der Waals surface area (Å²) in [5.41, 5.74) is 3.08. The number of benzene rings is 1. The van der Waals surface area contributed by atoms with Gasteiger partial charge in [-0.25, -0.2) is 0 Å². The van der Waals surface area contributed by atoms with Crippen molar-refractivity contribution in [3.05, 3.63) is 35.4 Å². The van der Waals surface area contributed by atoms with E-state index in [0.29, 0.717) is 6.04 Å².